The van der Waals surface area contributed by atoms with Crippen LogP contribution in [0.4, 0.5) is 0 Å². The minimum Gasteiger partial charge on any atom is -0.490 e. The SMILES string of the molecule is Cc1c(-c2cc(C(=O)N=O)c3c(OC4CC(C5CCOCC5)C4)ccc(C)c3n2)sc2ccccc12. The van der Waals surface area contributed by atoms with Crippen LogP contribution in [0.3, 0.4) is 0 Å². The maximum atomic E-state index is 12.8. The number of benzene rings is 2. The number of ether oxygens (including phenoxy) is 2. The van der Waals surface area contributed by atoms with Crippen molar-refractivity contribution in [3.8, 4) is 16.3 Å². The molecule has 1 saturated heterocycles. The molecule has 0 radical (unpaired) electrons. The molecule has 36 heavy (non-hydrogen) atoms. The smallest absolute Gasteiger partial charge is 0.317 e. The van der Waals surface area contributed by atoms with E-state index in [-0.39, 0.29) is 11.7 Å². The number of aryl methyl sites for hydroxylation is 2. The van der Waals surface area contributed by atoms with E-state index in [1.807, 2.05) is 31.2 Å². The van der Waals surface area contributed by atoms with Gasteiger partial charge in [0, 0.05) is 23.1 Å². The van der Waals surface area contributed by atoms with Gasteiger partial charge in [0.25, 0.3) is 0 Å². The standard InChI is InChI=1S/C29H28N2O4S/c1-16-7-8-24(35-20-13-19(14-20)18-9-11-34-12-10-18)26-22(29(32)31-33)15-23(30-27(16)26)28-17(2)21-5-3-4-6-25(21)36-28/h3-8,15,18-20H,9-14H2,1-2H3. The van der Waals surface area contributed by atoms with Crippen LogP contribution < -0.4 is 4.74 Å². The summed E-state index contributed by atoms with van der Waals surface area (Å²) in [6.45, 7) is 5.74. The average molecular weight is 501 g/mol. The maximum absolute atomic E-state index is 12.8. The van der Waals surface area contributed by atoms with Crippen molar-refractivity contribution >= 4 is 38.2 Å². The molecule has 2 fully saturated rings. The lowest BCUT2D eigenvalue weighted by Crippen LogP contribution is -2.39. The lowest BCUT2D eigenvalue weighted by atomic mass is 9.71. The van der Waals surface area contributed by atoms with Gasteiger partial charge < -0.3 is 9.47 Å². The number of hydrogen-bond donors (Lipinski definition) is 0. The maximum Gasteiger partial charge on any atom is 0.317 e. The zero-order chi connectivity index (χ0) is 24.8. The summed E-state index contributed by atoms with van der Waals surface area (Å²) in [7, 11) is 0. The monoisotopic (exact) mass is 500 g/mol. The van der Waals surface area contributed by atoms with Gasteiger partial charge in [-0.1, -0.05) is 24.3 Å². The van der Waals surface area contributed by atoms with Gasteiger partial charge in [0.2, 0.25) is 0 Å². The summed E-state index contributed by atoms with van der Waals surface area (Å²) in [4.78, 5) is 30.2. The predicted octanol–water partition coefficient (Wildman–Crippen LogP) is 7.22. The van der Waals surface area contributed by atoms with E-state index in [0.29, 0.717) is 34.2 Å². The second kappa shape index (κ2) is 9.37. The fraction of sp³-hybridized carbons (Fsp3) is 0.379. The summed E-state index contributed by atoms with van der Waals surface area (Å²) in [5, 5.41) is 4.53. The number of nitroso groups, excluding NO2 is 1. The van der Waals surface area contributed by atoms with Crippen molar-refractivity contribution in [1.29, 1.82) is 0 Å². The van der Waals surface area contributed by atoms with Gasteiger partial charge in [-0.15, -0.1) is 16.2 Å². The lowest BCUT2D eigenvalue weighted by molar-refractivity contribution is -0.0150. The molecule has 0 bridgehead atoms. The minimum absolute atomic E-state index is 0.0976. The number of carbonyl (C=O) groups excluding carboxylic acids is 1. The van der Waals surface area contributed by atoms with E-state index in [1.165, 1.54) is 5.39 Å². The van der Waals surface area contributed by atoms with E-state index < -0.39 is 5.91 Å². The molecule has 7 heteroatoms. The zero-order valence-corrected chi connectivity index (χ0v) is 21.3. The van der Waals surface area contributed by atoms with Gasteiger partial charge in [-0.05, 0) is 86.1 Å². The molecule has 1 aliphatic heterocycles. The molecule has 6 nitrogen and oxygen atoms in total. The summed E-state index contributed by atoms with van der Waals surface area (Å²) in [5.41, 5.74) is 3.64. The number of fused-ring (bicyclic) bond motifs is 2. The number of hydrogen-bond acceptors (Lipinski definition) is 6. The Balaban J connectivity index is 1.39. The third kappa shape index (κ3) is 4.00. The first-order valence-electron chi connectivity index (χ1n) is 12.6. The first-order chi connectivity index (χ1) is 17.5. The number of carbonyl (C=O) groups is 1. The number of thiophene rings is 1. The highest BCUT2D eigenvalue weighted by Gasteiger charge is 2.37. The summed E-state index contributed by atoms with van der Waals surface area (Å²) in [5.74, 6) is 1.17. The van der Waals surface area contributed by atoms with E-state index in [2.05, 4.69) is 24.2 Å². The molecular weight excluding hydrogens is 472 g/mol. The molecule has 0 atom stereocenters. The van der Waals surface area contributed by atoms with E-state index in [4.69, 9.17) is 14.5 Å². The van der Waals surface area contributed by atoms with Crippen molar-refractivity contribution in [2.45, 2.75) is 45.6 Å². The molecule has 184 valence electrons. The predicted molar refractivity (Wildman–Crippen MR) is 143 cm³/mol. The van der Waals surface area contributed by atoms with Crippen molar-refractivity contribution in [2.75, 3.05) is 13.2 Å². The van der Waals surface area contributed by atoms with Crippen LogP contribution >= 0.6 is 11.3 Å². The third-order valence-corrected chi connectivity index (χ3v) is 9.17. The molecule has 1 amide bonds. The van der Waals surface area contributed by atoms with Crippen LogP contribution in [-0.4, -0.2) is 30.2 Å². The zero-order valence-electron chi connectivity index (χ0n) is 20.5. The van der Waals surface area contributed by atoms with Crippen LogP contribution in [0.1, 0.15) is 47.2 Å². The van der Waals surface area contributed by atoms with Crippen molar-refractivity contribution in [1.82, 2.24) is 4.98 Å². The largest absolute Gasteiger partial charge is 0.490 e. The van der Waals surface area contributed by atoms with E-state index in [9.17, 15) is 9.70 Å². The topological polar surface area (TPSA) is 77.9 Å². The van der Waals surface area contributed by atoms with Crippen LogP contribution in [-0.2, 0) is 4.74 Å². The van der Waals surface area contributed by atoms with Gasteiger partial charge in [-0.3, -0.25) is 4.79 Å². The lowest BCUT2D eigenvalue weighted by Gasteiger charge is -2.41. The third-order valence-electron chi connectivity index (χ3n) is 7.87. The summed E-state index contributed by atoms with van der Waals surface area (Å²) < 4.78 is 13.1. The molecule has 2 aromatic carbocycles. The van der Waals surface area contributed by atoms with Crippen LogP contribution in [0.2, 0.25) is 0 Å². The molecule has 2 aliphatic rings. The second-order valence-electron chi connectivity index (χ2n) is 10.0. The van der Waals surface area contributed by atoms with Gasteiger partial charge in [-0.2, -0.15) is 0 Å². The number of nitrogens with zero attached hydrogens (tertiary/aromatic N) is 2. The molecule has 3 heterocycles. The Hall–Kier alpha value is -3.16. The van der Waals surface area contributed by atoms with Crippen molar-refractivity contribution < 1.29 is 14.3 Å². The first-order valence-corrected chi connectivity index (χ1v) is 13.4. The van der Waals surface area contributed by atoms with Gasteiger partial charge >= 0.3 is 5.91 Å². The van der Waals surface area contributed by atoms with Gasteiger partial charge in [0.1, 0.15) is 5.75 Å². The summed E-state index contributed by atoms with van der Waals surface area (Å²) in [6.07, 6.45) is 4.35. The molecular formula is C29H28N2O4S. The van der Waals surface area contributed by atoms with E-state index in [0.717, 1.165) is 59.6 Å². The number of amides is 1. The second-order valence-corrected chi connectivity index (χ2v) is 11.1. The highest BCUT2D eigenvalue weighted by atomic mass is 32.1. The minimum atomic E-state index is -0.799. The number of aromatic nitrogens is 1. The van der Waals surface area contributed by atoms with Crippen LogP contribution in [0.15, 0.2) is 47.6 Å². The first kappa shape index (κ1) is 23.3. The van der Waals surface area contributed by atoms with Crippen LogP contribution in [0.5, 0.6) is 5.75 Å². The normalized spacial score (nSPS) is 20.4. The Morgan fingerprint density at radius 2 is 1.86 bits per heavy atom. The summed E-state index contributed by atoms with van der Waals surface area (Å²) >= 11 is 1.64. The van der Waals surface area contributed by atoms with Crippen molar-refractivity contribution in [3.05, 3.63) is 64.1 Å². The molecule has 4 aromatic rings. The highest BCUT2D eigenvalue weighted by molar-refractivity contribution is 7.22. The molecule has 0 unspecified atom stereocenters. The van der Waals surface area contributed by atoms with Gasteiger partial charge in [0.05, 0.1) is 33.1 Å². The van der Waals surface area contributed by atoms with Crippen LogP contribution in [0, 0.1) is 30.6 Å². The number of pyridine rings is 1. The quantitative estimate of drug-likeness (QED) is 0.270. The van der Waals surface area contributed by atoms with E-state index >= 15 is 0 Å². The molecule has 0 N–H and O–H groups in total. The Morgan fingerprint density at radius 3 is 2.61 bits per heavy atom. The molecule has 1 aliphatic carbocycles. The van der Waals surface area contributed by atoms with Gasteiger partial charge in [0.15, 0.2) is 0 Å². The highest BCUT2D eigenvalue weighted by Crippen LogP contribution is 2.44. The number of rotatable bonds is 5. The Labute approximate surface area is 213 Å². The van der Waals surface area contributed by atoms with Gasteiger partial charge in [-0.25, -0.2) is 4.98 Å². The Bertz CT molecular complexity index is 1480. The Kier molecular flexibility index (Phi) is 6.05. The molecule has 2 aromatic heterocycles. The fourth-order valence-electron chi connectivity index (χ4n) is 5.75. The van der Waals surface area contributed by atoms with Crippen LogP contribution in [0.25, 0.3) is 31.6 Å². The molecule has 1 saturated carbocycles. The van der Waals surface area contributed by atoms with Crippen molar-refractivity contribution in [2.24, 2.45) is 17.0 Å². The fourth-order valence-corrected chi connectivity index (χ4v) is 6.92. The Morgan fingerprint density at radius 1 is 1.08 bits per heavy atom. The van der Waals surface area contributed by atoms with Crippen molar-refractivity contribution in [3.63, 3.8) is 0 Å². The molecule has 6 rings (SSSR count). The van der Waals surface area contributed by atoms with E-state index in [1.54, 1.807) is 17.4 Å². The molecule has 0 spiro atoms. The average Bonchev–Trinajstić information content (AvgIpc) is 3.23. The summed E-state index contributed by atoms with van der Waals surface area (Å²) in [6, 6.07) is 13.8.